The van der Waals surface area contributed by atoms with E-state index in [9.17, 15) is 4.79 Å². The van der Waals surface area contributed by atoms with Crippen molar-refractivity contribution in [3.05, 3.63) is 70.8 Å². The fourth-order valence-corrected chi connectivity index (χ4v) is 2.71. The Balaban J connectivity index is 2.18. The zero-order valence-electron chi connectivity index (χ0n) is 14.1. The molecular formula is C21H26O. The van der Waals surface area contributed by atoms with Gasteiger partial charge in [0.2, 0.25) is 0 Å². The lowest BCUT2D eigenvalue weighted by atomic mass is 9.88. The highest BCUT2D eigenvalue weighted by Gasteiger charge is 2.15. The second kappa shape index (κ2) is 7.40. The van der Waals surface area contributed by atoms with Crippen LogP contribution in [-0.2, 0) is 6.42 Å². The largest absolute Gasteiger partial charge is 0.294 e. The Morgan fingerprint density at radius 1 is 0.909 bits per heavy atom. The molecule has 0 saturated carbocycles. The van der Waals surface area contributed by atoms with Crippen LogP contribution in [0.4, 0.5) is 0 Å². The summed E-state index contributed by atoms with van der Waals surface area (Å²) >= 11 is 0. The fourth-order valence-electron chi connectivity index (χ4n) is 2.71. The molecule has 0 radical (unpaired) electrons. The molecule has 2 aromatic carbocycles. The predicted molar refractivity (Wildman–Crippen MR) is 93.7 cm³/mol. The van der Waals surface area contributed by atoms with Crippen LogP contribution in [0.1, 0.15) is 73.0 Å². The zero-order valence-corrected chi connectivity index (χ0v) is 14.1. The van der Waals surface area contributed by atoms with Gasteiger partial charge in [-0.15, -0.1) is 0 Å². The van der Waals surface area contributed by atoms with E-state index in [2.05, 4.69) is 52.0 Å². The summed E-state index contributed by atoms with van der Waals surface area (Å²) in [6, 6.07) is 16.6. The number of rotatable bonds is 6. The first-order chi connectivity index (χ1) is 10.5. The SMILES string of the molecule is CC(C)c1ccc(C(=O)CCc2ccccc2)c(C(C)C)c1. The molecule has 0 aliphatic carbocycles. The van der Waals surface area contributed by atoms with Crippen LogP contribution in [0.2, 0.25) is 0 Å². The molecule has 0 saturated heterocycles. The Kier molecular flexibility index (Phi) is 5.54. The molecule has 116 valence electrons. The van der Waals surface area contributed by atoms with Gasteiger partial charge in [-0.1, -0.05) is 76.2 Å². The summed E-state index contributed by atoms with van der Waals surface area (Å²) in [5.74, 6) is 1.11. The lowest BCUT2D eigenvalue weighted by molar-refractivity contribution is 0.0981. The van der Waals surface area contributed by atoms with Gasteiger partial charge in [-0.05, 0) is 34.9 Å². The Morgan fingerprint density at radius 2 is 1.59 bits per heavy atom. The predicted octanol–water partition coefficient (Wildman–Crippen LogP) is 5.75. The third-order valence-electron chi connectivity index (χ3n) is 4.15. The van der Waals surface area contributed by atoms with Crippen LogP contribution in [0.3, 0.4) is 0 Å². The van der Waals surface area contributed by atoms with E-state index in [-0.39, 0.29) is 5.78 Å². The van der Waals surface area contributed by atoms with Gasteiger partial charge in [0, 0.05) is 12.0 Å². The van der Waals surface area contributed by atoms with Crippen molar-refractivity contribution in [3.8, 4) is 0 Å². The first-order valence-corrected chi connectivity index (χ1v) is 8.20. The summed E-state index contributed by atoms with van der Waals surface area (Å²) < 4.78 is 0. The molecular weight excluding hydrogens is 268 g/mol. The molecule has 2 aromatic rings. The van der Waals surface area contributed by atoms with Crippen LogP contribution in [0, 0.1) is 0 Å². The molecule has 0 atom stereocenters. The van der Waals surface area contributed by atoms with Gasteiger partial charge in [0.1, 0.15) is 0 Å². The average molecular weight is 294 g/mol. The first kappa shape index (κ1) is 16.5. The summed E-state index contributed by atoms with van der Waals surface area (Å²) in [5.41, 5.74) is 4.61. The third kappa shape index (κ3) is 4.07. The highest BCUT2D eigenvalue weighted by atomic mass is 16.1. The average Bonchev–Trinajstić information content (AvgIpc) is 2.52. The number of Topliss-reactive ketones (excluding diaryl/α,β-unsaturated/α-hetero) is 1. The van der Waals surface area contributed by atoms with Gasteiger partial charge >= 0.3 is 0 Å². The molecule has 0 N–H and O–H groups in total. The maximum atomic E-state index is 12.6. The van der Waals surface area contributed by atoms with Gasteiger partial charge in [0.25, 0.3) is 0 Å². The molecule has 0 bridgehead atoms. The van der Waals surface area contributed by atoms with Crippen LogP contribution in [0.15, 0.2) is 48.5 Å². The summed E-state index contributed by atoms with van der Waals surface area (Å²) in [5, 5.41) is 0. The molecule has 0 amide bonds. The van der Waals surface area contributed by atoms with E-state index < -0.39 is 0 Å². The second-order valence-corrected chi connectivity index (χ2v) is 6.56. The molecule has 2 rings (SSSR count). The van der Waals surface area contributed by atoms with Crippen molar-refractivity contribution in [2.75, 3.05) is 0 Å². The molecule has 0 aliphatic heterocycles. The van der Waals surface area contributed by atoms with E-state index in [0.717, 1.165) is 12.0 Å². The van der Waals surface area contributed by atoms with Crippen molar-refractivity contribution >= 4 is 5.78 Å². The minimum atomic E-state index is 0.253. The Bertz CT molecular complexity index is 624. The van der Waals surface area contributed by atoms with Gasteiger partial charge < -0.3 is 0 Å². The molecule has 0 aliphatic rings. The second-order valence-electron chi connectivity index (χ2n) is 6.56. The molecule has 0 heterocycles. The van der Waals surface area contributed by atoms with Gasteiger partial charge in [-0.2, -0.15) is 0 Å². The van der Waals surface area contributed by atoms with Crippen LogP contribution in [-0.4, -0.2) is 5.78 Å². The Morgan fingerprint density at radius 3 is 2.18 bits per heavy atom. The number of carbonyl (C=O) groups excluding carboxylic acids is 1. The summed E-state index contributed by atoms with van der Waals surface area (Å²) in [6.07, 6.45) is 1.38. The number of carbonyl (C=O) groups is 1. The van der Waals surface area contributed by atoms with Gasteiger partial charge in [0.15, 0.2) is 5.78 Å². The standard InChI is InChI=1S/C21H26O/c1-15(2)18-11-12-19(20(14-18)16(3)4)21(22)13-10-17-8-6-5-7-9-17/h5-9,11-12,14-16H,10,13H2,1-4H3. The molecule has 0 spiro atoms. The lowest BCUT2D eigenvalue weighted by Crippen LogP contribution is -2.07. The normalized spacial score (nSPS) is 11.2. The third-order valence-corrected chi connectivity index (χ3v) is 4.15. The highest BCUT2D eigenvalue weighted by molar-refractivity contribution is 5.97. The van der Waals surface area contributed by atoms with Gasteiger partial charge in [0.05, 0.1) is 0 Å². The minimum Gasteiger partial charge on any atom is -0.294 e. The lowest BCUT2D eigenvalue weighted by Gasteiger charge is -2.15. The van der Waals surface area contributed by atoms with Gasteiger partial charge in [-0.3, -0.25) is 4.79 Å². The number of aryl methyl sites for hydroxylation is 1. The first-order valence-electron chi connectivity index (χ1n) is 8.20. The van der Waals surface area contributed by atoms with Crippen molar-refractivity contribution in [2.24, 2.45) is 0 Å². The summed E-state index contributed by atoms with van der Waals surface area (Å²) in [7, 11) is 0. The maximum Gasteiger partial charge on any atom is 0.163 e. The number of benzene rings is 2. The quantitative estimate of drug-likeness (QED) is 0.620. The van der Waals surface area contributed by atoms with Crippen molar-refractivity contribution in [2.45, 2.75) is 52.4 Å². The van der Waals surface area contributed by atoms with E-state index in [0.29, 0.717) is 18.3 Å². The summed E-state index contributed by atoms with van der Waals surface area (Å²) in [6.45, 7) is 8.70. The number of ketones is 1. The van der Waals surface area contributed by atoms with E-state index in [4.69, 9.17) is 0 Å². The van der Waals surface area contributed by atoms with Crippen LogP contribution in [0.25, 0.3) is 0 Å². The monoisotopic (exact) mass is 294 g/mol. The maximum absolute atomic E-state index is 12.6. The Labute approximate surface area is 134 Å². The van der Waals surface area contributed by atoms with Crippen LogP contribution in [0.5, 0.6) is 0 Å². The van der Waals surface area contributed by atoms with Crippen LogP contribution >= 0.6 is 0 Å². The minimum absolute atomic E-state index is 0.253. The van der Waals surface area contributed by atoms with Crippen molar-refractivity contribution in [1.82, 2.24) is 0 Å². The fraction of sp³-hybridized carbons (Fsp3) is 0.381. The van der Waals surface area contributed by atoms with Crippen molar-refractivity contribution in [3.63, 3.8) is 0 Å². The molecule has 0 fully saturated rings. The van der Waals surface area contributed by atoms with Crippen molar-refractivity contribution in [1.29, 1.82) is 0 Å². The Hall–Kier alpha value is -1.89. The number of hydrogen-bond acceptors (Lipinski definition) is 1. The van der Waals surface area contributed by atoms with E-state index >= 15 is 0 Å². The highest BCUT2D eigenvalue weighted by Crippen LogP contribution is 2.26. The molecule has 1 nitrogen and oxygen atoms in total. The van der Waals surface area contributed by atoms with Crippen molar-refractivity contribution < 1.29 is 4.79 Å². The molecule has 0 unspecified atom stereocenters. The van der Waals surface area contributed by atoms with Crippen LogP contribution < -0.4 is 0 Å². The van der Waals surface area contributed by atoms with Gasteiger partial charge in [-0.25, -0.2) is 0 Å². The summed E-state index contributed by atoms with van der Waals surface area (Å²) in [4.78, 5) is 12.6. The molecule has 1 heteroatoms. The molecule has 0 aromatic heterocycles. The topological polar surface area (TPSA) is 17.1 Å². The van der Waals surface area contributed by atoms with E-state index in [1.165, 1.54) is 16.7 Å². The zero-order chi connectivity index (χ0) is 16.1. The van der Waals surface area contributed by atoms with E-state index in [1.54, 1.807) is 0 Å². The van der Waals surface area contributed by atoms with E-state index in [1.807, 2.05) is 24.3 Å². The number of hydrogen-bond donors (Lipinski definition) is 0. The molecule has 22 heavy (non-hydrogen) atoms. The smallest absolute Gasteiger partial charge is 0.163 e.